The van der Waals surface area contributed by atoms with Crippen molar-refractivity contribution in [1.82, 2.24) is 24.9 Å². The summed E-state index contributed by atoms with van der Waals surface area (Å²) in [6.45, 7) is 6.09. The number of rotatable bonds is 6. The average Bonchev–Trinajstić information content (AvgIpc) is 2.44. The van der Waals surface area contributed by atoms with E-state index in [1.807, 2.05) is 13.8 Å². The van der Waals surface area contributed by atoms with E-state index in [1.54, 1.807) is 19.3 Å². The zero-order valence-corrected chi connectivity index (χ0v) is 12.4. The lowest BCUT2D eigenvalue weighted by molar-refractivity contribution is 0.291. The van der Waals surface area contributed by atoms with Gasteiger partial charge in [0.15, 0.2) is 5.75 Å². The molecule has 0 aliphatic heterocycles. The van der Waals surface area contributed by atoms with Gasteiger partial charge in [0.1, 0.15) is 18.3 Å². The molecular formula is C13H19N7O. The van der Waals surface area contributed by atoms with Crippen LogP contribution in [-0.4, -0.2) is 37.6 Å². The van der Waals surface area contributed by atoms with Crippen LogP contribution in [0.4, 0.5) is 11.9 Å². The van der Waals surface area contributed by atoms with E-state index in [0.717, 1.165) is 6.42 Å². The Hall–Kier alpha value is -2.51. The van der Waals surface area contributed by atoms with Gasteiger partial charge < -0.3 is 15.8 Å². The molecule has 0 fully saturated rings. The fraction of sp³-hybridized carbons (Fsp3) is 0.462. The molecule has 0 amide bonds. The zero-order valence-electron chi connectivity index (χ0n) is 12.4. The third kappa shape index (κ3) is 4.51. The Labute approximate surface area is 123 Å². The molecule has 2 rings (SSSR count). The van der Waals surface area contributed by atoms with Crippen LogP contribution in [0.1, 0.15) is 25.0 Å². The maximum atomic E-state index is 5.66. The highest BCUT2D eigenvalue weighted by atomic mass is 16.5. The summed E-state index contributed by atoms with van der Waals surface area (Å²) in [7, 11) is 0. The van der Waals surface area contributed by atoms with Crippen molar-refractivity contribution < 1.29 is 4.74 Å². The van der Waals surface area contributed by atoms with Gasteiger partial charge in [-0.25, -0.2) is 9.97 Å². The second kappa shape index (κ2) is 6.78. The van der Waals surface area contributed by atoms with Crippen LogP contribution in [0, 0.1) is 13.8 Å². The highest BCUT2D eigenvalue weighted by Gasteiger charge is 2.10. The average molecular weight is 289 g/mol. The lowest BCUT2D eigenvalue weighted by Gasteiger charge is -2.17. The molecule has 3 N–H and O–H groups in total. The Morgan fingerprint density at radius 3 is 2.48 bits per heavy atom. The number of nitrogens with zero attached hydrogens (tertiary/aromatic N) is 5. The first kappa shape index (κ1) is 14.9. The summed E-state index contributed by atoms with van der Waals surface area (Å²) in [6, 6.07) is 0.0486. The van der Waals surface area contributed by atoms with Gasteiger partial charge in [0, 0.05) is 0 Å². The minimum atomic E-state index is 0.0486. The molecule has 112 valence electrons. The van der Waals surface area contributed by atoms with Crippen LogP contribution in [-0.2, 0) is 0 Å². The maximum Gasteiger partial charge on any atom is 0.228 e. The first-order valence-electron chi connectivity index (χ1n) is 6.73. The molecule has 0 aromatic carbocycles. The molecule has 1 atom stereocenters. The molecule has 0 bridgehead atoms. The Balaban J connectivity index is 1.95. The summed E-state index contributed by atoms with van der Waals surface area (Å²) < 4.78 is 5.66. The van der Waals surface area contributed by atoms with E-state index in [4.69, 9.17) is 10.5 Å². The van der Waals surface area contributed by atoms with E-state index in [2.05, 4.69) is 30.2 Å². The number of nitrogen functional groups attached to an aromatic ring is 1. The van der Waals surface area contributed by atoms with E-state index in [0.29, 0.717) is 30.0 Å². The van der Waals surface area contributed by atoms with Crippen molar-refractivity contribution in [3.05, 3.63) is 24.0 Å². The summed E-state index contributed by atoms with van der Waals surface area (Å²) in [5.41, 5.74) is 5.61. The molecule has 0 radical (unpaired) electrons. The maximum absolute atomic E-state index is 5.66. The molecule has 2 heterocycles. The molecule has 2 aromatic heterocycles. The Morgan fingerprint density at radius 1 is 1.14 bits per heavy atom. The zero-order chi connectivity index (χ0) is 15.2. The van der Waals surface area contributed by atoms with Gasteiger partial charge >= 0.3 is 0 Å². The molecule has 0 aliphatic carbocycles. The molecule has 8 heteroatoms. The van der Waals surface area contributed by atoms with Crippen LogP contribution in [0.3, 0.4) is 0 Å². The van der Waals surface area contributed by atoms with E-state index in [1.165, 1.54) is 0 Å². The largest absolute Gasteiger partial charge is 0.488 e. The summed E-state index contributed by atoms with van der Waals surface area (Å²) >= 11 is 0. The molecular weight excluding hydrogens is 270 g/mol. The predicted molar refractivity (Wildman–Crippen MR) is 78.9 cm³/mol. The van der Waals surface area contributed by atoms with E-state index in [9.17, 15) is 0 Å². The quantitative estimate of drug-likeness (QED) is 0.814. The standard InChI is InChI=1S/C13H19N7O/c1-4-10(7-21-11-5-15-8(2)16-6-11)19-13-18-9(3)17-12(14)20-13/h5-6,10H,4,7H2,1-3H3,(H3,14,17,18,19,20). The molecule has 0 saturated carbocycles. The van der Waals surface area contributed by atoms with Gasteiger partial charge in [-0.2, -0.15) is 15.0 Å². The molecule has 0 aliphatic rings. The summed E-state index contributed by atoms with van der Waals surface area (Å²) in [6.07, 6.45) is 4.15. The molecule has 8 nitrogen and oxygen atoms in total. The van der Waals surface area contributed by atoms with Gasteiger partial charge in [0.2, 0.25) is 11.9 Å². The fourth-order valence-corrected chi connectivity index (χ4v) is 1.66. The van der Waals surface area contributed by atoms with Gasteiger partial charge in [-0.05, 0) is 20.3 Å². The van der Waals surface area contributed by atoms with Gasteiger partial charge in [-0.15, -0.1) is 0 Å². The van der Waals surface area contributed by atoms with Crippen LogP contribution < -0.4 is 15.8 Å². The third-order valence-corrected chi connectivity index (χ3v) is 2.80. The third-order valence-electron chi connectivity index (χ3n) is 2.80. The van der Waals surface area contributed by atoms with Crippen molar-refractivity contribution in [2.75, 3.05) is 17.7 Å². The van der Waals surface area contributed by atoms with Crippen molar-refractivity contribution in [3.8, 4) is 5.75 Å². The highest BCUT2D eigenvalue weighted by Crippen LogP contribution is 2.10. The van der Waals surface area contributed by atoms with Crippen LogP contribution >= 0.6 is 0 Å². The van der Waals surface area contributed by atoms with Crippen LogP contribution in [0.5, 0.6) is 5.75 Å². The Bertz CT molecular complexity index is 567. The monoisotopic (exact) mass is 289 g/mol. The number of aromatic nitrogens is 5. The fourth-order valence-electron chi connectivity index (χ4n) is 1.66. The van der Waals surface area contributed by atoms with E-state index >= 15 is 0 Å². The van der Waals surface area contributed by atoms with Crippen LogP contribution in [0.15, 0.2) is 12.4 Å². The predicted octanol–water partition coefficient (Wildman–Crippen LogP) is 1.13. The van der Waals surface area contributed by atoms with Gasteiger partial charge in [-0.1, -0.05) is 6.92 Å². The topological polar surface area (TPSA) is 112 Å². The number of hydrogen-bond acceptors (Lipinski definition) is 8. The lowest BCUT2D eigenvalue weighted by atomic mass is 10.2. The second-order valence-corrected chi connectivity index (χ2v) is 4.59. The summed E-state index contributed by atoms with van der Waals surface area (Å²) in [4.78, 5) is 20.4. The van der Waals surface area contributed by atoms with Gasteiger partial charge in [0.25, 0.3) is 0 Å². The molecule has 0 saturated heterocycles. The van der Waals surface area contributed by atoms with Crippen molar-refractivity contribution in [2.24, 2.45) is 0 Å². The second-order valence-electron chi connectivity index (χ2n) is 4.59. The normalized spacial score (nSPS) is 12.0. The molecule has 21 heavy (non-hydrogen) atoms. The number of aryl methyl sites for hydroxylation is 2. The first-order valence-corrected chi connectivity index (χ1v) is 6.73. The number of anilines is 2. The smallest absolute Gasteiger partial charge is 0.228 e. The number of nitrogens with one attached hydrogen (secondary N) is 1. The lowest BCUT2D eigenvalue weighted by Crippen LogP contribution is -2.27. The van der Waals surface area contributed by atoms with Gasteiger partial charge in [-0.3, -0.25) is 0 Å². The van der Waals surface area contributed by atoms with Crippen molar-refractivity contribution in [1.29, 1.82) is 0 Å². The number of nitrogens with two attached hydrogens (primary N) is 1. The Kier molecular flexibility index (Phi) is 4.81. The number of ether oxygens (including phenoxy) is 1. The Morgan fingerprint density at radius 2 is 1.86 bits per heavy atom. The summed E-state index contributed by atoms with van der Waals surface area (Å²) in [5, 5.41) is 3.18. The molecule has 0 spiro atoms. The van der Waals surface area contributed by atoms with Gasteiger partial charge in [0.05, 0.1) is 18.4 Å². The van der Waals surface area contributed by atoms with Crippen molar-refractivity contribution in [3.63, 3.8) is 0 Å². The summed E-state index contributed by atoms with van der Waals surface area (Å²) in [5.74, 6) is 2.58. The van der Waals surface area contributed by atoms with Crippen LogP contribution in [0.25, 0.3) is 0 Å². The first-order chi connectivity index (χ1) is 10.1. The highest BCUT2D eigenvalue weighted by molar-refractivity contribution is 5.32. The van der Waals surface area contributed by atoms with E-state index in [-0.39, 0.29) is 12.0 Å². The molecule has 2 aromatic rings. The number of hydrogen-bond donors (Lipinski definition) is 2. The minimum absolute atomic E-state index is 0.0486. The SMILES string of the molecule is CCC(COc1cnc(C)nc1)Nc1nc(C)nc(N)n1. The van der Waals surface area contributed by atoms with Crippen molar-refractivity contribution >= 4 is 11.9 Å². The van der Waals surface area contributed by atoms with Crippen LogP contribution in [0.2, 0.25) is 0 Å². The van der Waals surface area contributed by atoms with Crippen molar-refractivity contribution in [2.45, 2.75) is 33.2 Å². The van der Waals surface area contributed by atoms with E-state index < -0.39 is 0 Å². The minimum Gasteiger partial charge on any atom is -0.488 e. The molecule has 1 unspecified atom stereocenters.